The Kier molecular flexibility index (Phi) is 8.61. The standard InChI is InChI=1S/C36H56O12/c1-31(2)11-12-36(30(45)46)18(13-31)17-7-8-20-32(3)10-9-22(47-29-25(42)23(40)24(41)26(48-29)28(43)44)33(4,16-37)27(32)19(38)14-35(20,6)34(17,5)15-21(36)39/h7,18-27,29,37-42H,8-16H2,1-6H3,(H,43,44)(H,45,46)/t18-,19+,20+,21+,22-,23-,24-,25+,26-,27+,29+,32+,33+,34+,35+,36+/m0/s1. The molecule has 48 heavy (non-hydrogen) atoms. The topological polar surface area (TPSA) is 214 Å². The predicted octanol–water partition coefficient (Wildman–Crippen LogP) is 2.06. The maximum atomic E-state index is 13.0. The molecule has 0 radical (unpaired) electrons. The van der Waals surface area contributed by atoms with Crippen molar-refractivity contribution in [2.45, 2.75) is 142 Å². The largest absolute Gasteiger partial charge is 0.481 e. The minimum atomic E-state index is -1.86. The van der Waals surface area contributed by atoms with Crippen molar-refractivity contribution in [2.75, 3.05) is 6.61 Å². The van der Waals surface area contributed by atoms with E-state index in [2.05, 4.69) is 40.7 Å². The summed E-state index contributed by atoms with van der Waals surface area (Å²) in [5.74, 6) is -3.27. The second-order valence-corrected chi connectivity index (χ2v) is 18.0. The summed E-state index contributed by atoms with van der Waals surface area (Å²) < 4.78 is 11.6. The van der Waals surface area contributed by atoms with Gasteiger partial charge in [-0.25, -0.2) is 4.79 Å². The Hall–Kier alpha value is -1.64. The number of aliphatic carboxylic acids is 2. The molecule has 0 spiro atoms. The molecule has 0 amide bonds. The van der Waals surface area contributed by atoms with Crippen molar-refractivity contribution in [3.63, 3.8) is 0 Å². The second-order valence-electron chi connectivity index (χ2n) is 18.0. The monoisotopic (exact) mass is 680 g/mol. The number of carboxylic acids is 2. The van der Waals surface area contributed by atoms with Crippen LogP contribution in [0.5, 0.6) is 0 Å². The fraction of sp³-hybridized carbons (Fsp3) is 0.889. The number of allylic oxidation sites excluding steroid dienone is 2. The molecule has 0 bridgehead atoms. The molecule has 0 aromatic carbocycles. The molecule has 5 aliphatic carbocycles. The molecule has 1 saturated heterocycles. The Morgan fingerprint density at radius 1 is 0.896 bits per heavy atom. The molecular weight excluding hydrogens is 624 g/mol. The van der Waals surface area contributed by atoms with Gasteiger partial charge in [-0.3, -0.25) is 4.79 Å². The zero-order valence-electron chi connectivity index (χ0n) is 29.0. The molecule has 4 saturated carbocycles. The Balaban J connectivity index is 1.36. The van der Waals surface area contributed by atoms with Crippen molar-refractivity contribution in [3.05, 3.63) is 11.6 Å². The van der Waals surface area contributed by atoms with E-state index in [4.69, 9.17) is 9.47 Å². The van der Waals surface area contributed by atoms with Gasteiger partial charge in [0.1, 0.15) is 23.7 Å². The van der Waals surface area contributed by atoms with Gasteiger partial charge in [0, 0.05) is 11.3 Å². The first-order valence-corrected chi connectivity index (χ1v) is 17.6. The van der Waals surface area contributed by atoms with E-state index >= 15 is 0 Å². The highest BCUT2D eigenvalue weighted by atomic mass is 16.7. The molecule has 16 atom stereocenters. The average molecular weight is 681 g/mol. The lowest BCUT2D eigenvalue weighted by Gasteiger charge is -2.72. The van der Waals surface area contributed by atoms with E-state index in [1.54, 1.807) is 0 Å². The molecule has 6 rings (SSSR count). The molecule has 0 unspecified atom stereocenters. The van der Waals surface area contributed by atoms with E-state index < -0.39 is 93.9 Å². The number of carboxylic acid groups (broad SMARTS) is 2. The molecule has 12 heteroatoms. The summed E-state index contributed by atoms with van der Waals surface area (Å²) in [6.07, 6.45) is -5.35. The molecule has 12 nitrogen and oxygen atoms in total. The third kappa shape index (κ3) is 4.69. The molecule has 272 valence electrons. The van der Waals surface area contributed by atoms with Gasteiger partial charge in [-0.05, 0) is 84.9 Å². The quantitative estimate of drug-likeness (QED) is 0.155. The summed E-state index contributed by atoms with van der Waals surface area (Å²) in [7, 11) is 0. The summed E-state index contributed by atoms with van der Waals surface area (Å²) in [5.41, 5.74) is -2.94. The lowest BCUT2D eigenvalue weighted by Crippen LogP contribution is -2.71. The van der Waals surface area contributed by atoms with E-state index in [0.717, 1.165) is 12.0 Å². The van der Waals surface area contributed by atoms with Crippen LogP contribution in [0.1, 0.15) is 92.9 Å². The van der Waals surface area contributed by atoms with E-state index in [9.17, 15) is 50.4 Å². The number of hydrogen-bond donors (Lipinski definition) is 8. The first-order valence-electron chi connectivity index (χ1n) is 17.6. The van der Waals surface area contributed by atoms with E-state index in [-0.39, 0.29) is 30.3 Å². The fourth-order valence-electron chi connectivity index (χ4n) is 12.4. The van der Waals surface area contributed by atoms with Crippen LogP contribution in [0.2, 0.25) is 0 Å². The van der Waals surface area contributed by atoms with Gasteiger partial charge >= 0.3 is 11.9 Å². The maximum Gasteiger partial charge on any atom is 0.335 e. The lowest BCUT2D eigenvalue weighted by molar-refractivity contribution is -0.333. The van der Waals surface area contributed by atoms with Gasteiger partial charge in [-0.2, -0.15) is 0 Å². The van der Waals surface area contributed by atoms with E-state index in [1.165, 1.54) is 0 Å². The van der Waals surface area contributed by atoms with Gasteiger partial charge in [0.15, 0.2) is 12.4 Å². The Morgan fingerprint density at radius 3 is 2.17 bits per heavy atom. The first-order chi connectivity index (χ1) is 22.1. The fourth-order valence-corrected chi connectivity index (χ4v) is 12.4. The van der Waals surface area contributed by atoms with Gasteiger partial charge in [-0.15, -0.1) is 0 Å². The molecule has 8 N–H and O–H groups in total. The van der Waals surface area contributed by atoms with Crippen LogP contribution in [0.3, 0.4) is 0 Å². The Bertz CT molecular complexity index is 1350. The zero-order valence-corrected chi connectivity index (χ0v) is 29.0. The number of aliphatic hydroxyl groups excluding tert-OH is 6. The van der Waals surface area contributed by atoms with Crippen LogP contribution in [0, 0.1) is 50.2 Å². The van der Waals surface area contributed by atoms with Gasteiger partial charge in [0.25, 0.3) is 0 Å². The van der Waals surface area contributed by atoms with Crippen molar-refractivity contribution in [1.29, 1.82) is 0 Å². The lowest BCUT2D eigenvalue weighted by atomic mass is 9.32. The van der Waals surface area contributed by atoms with Crippen LogP contribution in [0.15, 0.2) is 11.6 Å². The summed E-state index contributed by atoms with van der Waals surface area (Å²) in [5, 5.41) is 86.6. The number of fused-ring (bicyclic) bond motifs is 7. The number of carbonyl (C=O) groups is 2. The van der Waals surface area contributed by atoms with Crippen molar-refractivity contribution in [1.82, 2.24) is 0 Å². The Morgan fingerprint density at radius 2 is 1.56 bits per heavy atom. The zero-order chi connectivity index (χ0) is 35.6. The summed E-state index contributed by atoms with van der Waals surface area (Å²) >= 11 is 0. The highest BCUT2D eigenvalue weighted by Gasteiger charge is 2.73. The summed E-state index contributed by atoms with van der Waals surface area (Å²) in [4.78, 5) is 24.7. The molecule has 0 aromatic heterocycles. The minimum absolute atomic E-state index is 0.00462. The molecular formula is C36H56O12. The van der Waals surface area contributed by atoms with Crippen molar-refractivity contribution < 1.29 is 59.9 Å². The van der Waals surface area contributed by atoms with E-state index in [0.29, 0.717) is 38.5 Å². The third-order valence-electron chi connectivity index (χ3n) is 15.2. The molecule has 6 aliphatic rings. The molecule has 0 aromatic rings. The van der Waals surface area contributed by atoms with Gasteiger partial charge in [0.05, 0.1) is 24.9 Å². The molecule has 5 fully saturated rings. The molecule has 1 heterocycles. The number of rotatable bonds is 5. The minimum Gasteiger partial charge on any atom is -0.481 e. The van der Waals surface area contributed by atoms with Gasteiger partial charge in [-0.1, -0.05) is 53.2 Å². The number of aliphatic hydroxyl groups is 6. The van der Waals surface area contributed by atoms with Crippen molar-refractivity contribution in [2.24, 2.45) is 50.2 Å². The summed E-state index contributed by atoms with van der Waals surface area (Å²) in [6, 6.07) is 0. The van der Waals surface area contributed by atoms with Crippen molar-refractivity contribution >= 4 is 11.9 Å². The normalized spacial score (nSPS) is 54.5. The number of hydrogen-bond acceptors (Lipinski definition) is 10. The van der Waals surface area contributed by atoms with Crippen LogP contribution in [-0.2, 0) is 19.1 Å². The maximum absolute atomic E-state index is 13.0. The van der Waals surface area contributed by atoms with Crippen LogP contribution in [0.25, 0.3) is 0 Å². The highest BCUT2D eigenvalue weighted by Crippen LogP contribution is 2.76. The molecule has 1 aliphatic heterocycles. The predicted molar refractivity (Wildman–Crippen MR) is 170 cm³/mol. The Labute approximate surface area is 282 Å². The first kappa shape index (κ1) is 36.2. The van der Waals surface area contributed by atoms with Crippen LogP contribution in [0.4, 0.5) is 0 Å². The average Bonchev–Trinajstić information content (AvgIpc) is 2.98. The summed E-state index contributed by atoms with van der Waals surface area (Å²) in [6.45, 7) is 12.3. The van der Waals surface area contributed by atoms with Crippen LogP contribution < -0.4 is 0 Å². The third-order valence-corrected chi connectivity index (χ3v) is 15.2. The van der Waals surface area contributed by atoms with Gasteiger partial charge < -0.3 is 50.3 Å². The van der Waals surface area contributed by atoms with Crippen molar-refractivity contribution in [3.8, 4) is 0 Å². The van der Waals surface area contributed by atoms with Crippen LogP contribution in [-0.4, -0.2) is 108 Å². The SMILES string of the molecule is CC1(C)CC[C@]2(C(=O)O)[C@H](O)C[C@]3(C)C(=CC[C@@H]4[C@@]5(C)CC[C@H](O[C@@H]6O[C@H](C(=O)O)[C@@H](O)[C@H](O)[C@H]6O)[C@@](C)(CO)[C@@H]5[C@H](O)C[C@]43C)[C@@H]2C1. The highest BCUT2D eigenvalue weighted by molar-refractivity contribution is 5.77. The second kappa shape index (κ2) is 11.4. The van der Waals surface area contributed by atoms with Gasteiger partial charge in [0.2, 0.25) is 0 Å². The number of ether oxygens (including phenoxy) is 2. The van der Waals surface area contributed by atoms with Crippen LogP contribution >= 0.6 is 0 Å². The smallest absolute Gasteiger partial charge is 0.335 e. The van der Waals surface area contributed by atoms with E-state index in [1.807, 2.05) is 6.92 Å².